The second kappa shape index (κ2) is 4.18. The van der Waals surface area contributed by atoms with Gasteiger partial charge in [0.1, 0.15) is 5.82 Å². The predicted octanol–water partition coefficient (Wildman–Crippen LogP) is 1.08. The number of rotatable bonds is 3. The van der Waals surface area contributed by atoms with Crippen LogP contribution in [0, 0.1) is 5.82 Å². The highest BCUT2D eigenvalue weighted by molar-refractivity contribution is 5.57. The number of aromatic nitrogens is 3. The first-order valence-corrected chi connectivity index (χ1v) is 4.56. The van der Waals surface area contributed by atoms with Crippen LogP contribution in [-0.2, 0) is 6.54 Å². The number of hydrogen-bond donors (Lipinski definition) is 1. The van der Waals surface area contributed by atoms with Crippen molar-refractivity contribution in [2.24, 2.45) is 0 Å². The van der Waals surface area contributed by atoms with Gasteiger partial charge < -0.3 is 5.11 Å². The Kier molecular flexibility index (Phi) is 2.73. The maximum atomic E-state index is 12.7. The van der Waals surface area contributed by atoms with Crippen LogP contribution in [0.4, 0.5) is 4.39 Å². The van der Waals surface area contributed by atoms with Gasteiger partial charge in [-0.25, -0.2) is 9.07 Å². The van der Waals surface area contributed by atoms with Gasteiger partial charge in [0, 0.05) is 5.56 Å². The lowest BCUT2D eigenvalue weighted by molar-refractivity contribution is 0.269. The van der Waals surface area contributed by atoms with Crippen LogP contribution >= 0.6 is 0 Å². The number of hydrogen-bond acceptors (Lipinski definition) is 3. The van der Waals surface area contributed by atoms with E-state index >= 15 is 0 Å². The summed E-state index contributed by atoms with van der Waals surface area (Å²) in [4.78, 5) is 0. The molecule has 2 rings (SSSR count). The van der Waals surface area contributed by atoms with Crippen LogP contribution in [0.5, 0.6) is 0 Å². The number of halogens is 1. The molecule has 1 N–H and O–H groups in total. The average Bonchev–Trinajstić information content (AvgIpc) is 2.68. The van der Waals surface area contributed by atoms with Crippen LogP contribution in [0.1, 0.15) is 0 Å². The lowest BCUT2D eigenvalue weighted by atomic mass is 10.1. The van der Waals surface area contributed by atoms with E-state index < -0.39 is 0 Å². The number of aliphatic hydroxyl groups is 1. The highest BCUT2D eigenvalue weighted by atomic mass is 19.1. The van der Waals surface area contributed by atoms with Crippen molar-refractivity contribution in [3.05, 3.63) is 36.3 Å². The van der Waals surface area contributed by atoms with Gasteiger partial charge in [-0.1, -0.05) is 5.21 Å². The maximum absolute atomic E-state index is 12.7. The summed E-state index contributed by atoms with van der Waals surface area (Å²) in [7, 11) is 0. The minimum absolute atomic E-state index is 0.00243. The van der Waals surface area contributed by atoms with Crippen LogP contribution in [0.3, 0.4) is 0 Å². The van der Waals surface area contributed by atoms with Crippen molar-refractivity contribution in [2.45, 2.75) is 6.54 Å². The summed E-state index contributed by atoms with van der Waals surface area (Å²) < 4.78 is 14.3. The molecule has 0 aliphatic carbocycles. The Morgan fingerprint density at radius 3 is 2.67 bits per heavy atom. The molecule has 0 saturated carbocycles. The molecule has 0 saturated heterocycles. The van der Waals surface area contributed by atoms with E-state index in [4.69, 9.17) is 5.11 Å². The number of aliphatic hydroxyl groups excluding tert-OH is 1. The summed E-state index contributed by atoms with van der Waals surface area (Å²) >= 11 is 0. The van der Waals surface area contributed by atoms with Crippen LogP contribution in [0.15, 0.2) is 30.5 Å². The molecule has 0 atom stereocenters. The van der Waals surface area contributed by atoms with Gasteiger partial charge in [-0.05, 0) is 24.3 Å². The first kappa shape index (κ1) is 9.79. The van der Waals surface area contributed by atoms with Crippen molar-refractivity contribution in [2.75, 3.05) is 6.61 Å². The molecule has 1 heterocycles. The average molecular weight is 207 g/mol. The van der Waals surface area contributed by atoms with Gasteiger partial charge in [-0.3, -0.25) is 0 Å². The Hall–Kier alpha value is -1.75. The third kappa shape index (κ3) is 2.02. The van der Waals surface area contributed by atoms with Gasteiger partial charge in [0.05, 0.1) is 25.0 Å². The van der Waals surface area contributed by atoms with E-state index in [0.717, 1.165) is 11.3 Å². The third-order valence-corrected chi connectivity index (χ3v) is 2.07. The first-order valence-electron chi connectivity index (χ1n) is 4.56. The Bertz CT molecular complexity index is 438. The number of nitrogens with zero attached hydrogens (tertiary/aromatic N) is 3. The molecule has 0 unspecified atom stereocenters. The molecule has 2 aromatic rings. The maximum Gasteiger partial charge on any atom is 0.123 e. The molecule has 15 heavy (non-hydrogen) atoms. The van der Waals surface area contributed by atoms with Crippen LogP contribution in [-0.4, -0.2) is 26.7 Å². The van der Waals surface area contributed by atoms with E-state index in [-0.39, 0.29) is 12.4 Å². The second-order valence-electron chi connectivity index (χ2n) is 3.07. The van der Waals surface area contributed by atoms with Crippen molar-refractivity contribution in [3.63, 3.8) is 0 Å². The Labute approximate surface area is 86.0 Å². The molecular formula is C10H10FN3O. The minimum atomic E-state index is -0.278. The van der Waals surface area contributed by atoms with Crippen molar-refractivity contribution < 1.29 is 9.50 Å². The Morgan fingerprint density at radius 1 is 1.27 bits per heavy atom. The largest absolute Gasteiger partial charge is 0.394 e. The lowest BCUT2D eigenvalue weighted by Gasteiger charge is -2.03. The van der Waals surface area contributed by atoms with Gasteiger partial charge in [-0.15, -0.1) is 5.10 Å². The lowest BCUT2D eigenvalue weighted by Crippen LogP contribution is -2.05. The summed E-state index contributed by atoms with van der Waals surface area (Å²) in [5, 5.41) is 16.4. The highest BCUT2D eigenvalue weighted by Crippen LogP contribution is 2.17. The van der Waals surface area contributed by atoms with Gasteiger partial charge in [-0.2, -0.15) is 0 Å². The molecular weight excluding hydrogens is 197 g/mol. The zero-order valence-corrected chi connectivity index (χ0v) is 7.97. The van der Waals surface area contributed by atoms with Crippen LogP contribution in [0.25, 0.3) is 11.3 Å². The third-order valence-electron chi connectivity index (χ3n) is 2.07. The van der Waals surface area contributed by atoms with E-state index in [0.29, 0.717) is 6.54 Å². The van der Waals surface area contributed by atoms with Gasteiger partial charge >= 0.3 is 0 Å². The second-order valence-corrected chi connectivity index (χ2v) is 3.07. The van der Waals surface area contributed by atoms with Crippen LogP contribution < -0.4 is 0 Å². The molecule has 78 valence electrons. The predicted molar refractivity (Wildman–Crippen MR) is 52.5 cm³/mol. The van der Waals surface area contributed by atoms with E-state index in [1.165, 1.54) is 12.1 Å². The molecule has 0 spiro atoms. The fraction of sp³-hybridized carbons (Fsp3) is 0.200. The highest BCUT2D eigenvalue weighted by Gasteiger charge is 2.05. The molecule has 4 nitrogen and oxygen atoms in total. The Morgan fingerprint density at radius 2 is 2.00 bits per heavy atom. The molecule has 0 fully saturated rings. The quantitative estimate of drug-likeness (QED) is 0.819. The molecule has 0 aliphatic rings. The van der Waals surface area contributed by atoms with E-state index in [2.05, 4.69) is 10.3 Å². The van der Waals surface area contributed by atoms with Gasteiger partial charge in [0.15, 0.2) is 0 Å². The van der Waals surface area contributed by atoms with Crippen molar-refractivity contribution in [1.29, 1.82) is 0 Å². The van der Waals surface area contributed by atoms with E-state index in [1.807, 2.05) is 0 Å². The monoisotopic (exact) mass is 207 g/mol. The summed E-state index contributed by atoms with van der Waals surface area (Å²) in [5.41, 5.74) is 1.60. The normalized spacial score (nSPS) is 10.5. The SMILES string of the molecule is OCCn1nncc1-c1ccc(F)cc1. The fourth-order valence-electron chi connectivity index (χ4n) is 1.36. The zero-order chi connectivity index (χ0) is 10.7. The van der Waals surface area contributed by atoms with Crippen molar-refractivity contribution in [3.8, 4) is 11.3 Å². The zero-order valence-electron chi connectivity index (χ0n) is 7.97. The number of benzene rings is 1. The van der Waals surface area contributed by atoms with Crippen molar-refractivity contribution in [1.82, 2.24) is 15.0 Å². The van der Waals surface area contributed by atoms with E-state index in [1.54, 1.807) is 23.0 Å². The topological polar surface area (TPSA) is 50.9 Å². The van der Waals surface area contributed by atoms with Crippen molar-refractivity contribution >= 4 is 0 Å². The molecule has 1 aromatic heterocycles. The van der Waals surface area contributed by atoms with Gasteiger partial charge in [0.2, 0.25) is 0 Å². The smallest absolute Gasteiger partial charge is 0.123 e. The van der Waals surface area contributed by atoms with Crippen LogP contribution in [0.2, 0.25) is 0 Å². The molecule has 1 aromatic carbocycles. The van der Waals surface area contributed by atoms with Gasteiger partial charge in [0.25, 0.3) is 0 Å². The fourth-order valence-corrected chi connectivity index (χ4v) is 1.36. The summed E-state index contributed by atoms with van der Waals surface area (Å²) in [6.45, 7) is 0.379. The summed E-state index contributed by atoms with van der Waals surface area (Å²) in [5.74, 6) is -0.278. The standard InChI is InChI=1S/C10H10FN3O/c11-9-3-1-8(2-4-9)10-7-12-13-14(10)5-6-15/h1-4,7,15H,5-6H2. The van der Waals surface area contributed by atoms with E-state index in [9.17, 15) is 4.39 Å². The molecule has 0 radical (unpaired) electrons. The summed E-state index contributed by atoms with van der Waals surface area (Å²) in [6, 6.07) is 6.07. The molecule has 0 aliphatic heterocycles. The molecule has 5 heteroatoms. The Balaban J connectivity index is 2.36. The summed E-state index contributed by atoms with van der Waals surface area (Å²) in [6.07, 6.45) is 1.59. The first-order chi connectivity index (χ1) is 7.31. The minimum Gasteiger partial charge on any atom is -0.394 e. The molecule has 0 amide bonds. The molecule has 0 bridgehead atoms.